The number of rotatable bonds is 5. The van der Waals surface area contributed by atoms with Crippen LogP contribution in [0.2, 0.25) is 0 Å². The van der Waals surface area contributed by atoms with Gasteiger partial charge in [-0.3, -0.25) is 14.1 Å². The van der Waals surface area contributed by atoms with E-state index < -0.39 is 0 Å². The van der Waals surface area contributed by atoms with Crippen LogP contribution < -0.4 is 4.90 Å². The van der Waals surface area contributed by atoms with E-state index in [1.807, 2.05) is 36.9 Å². The minimum absolute atomic E-state index is 0.0821. The number of imidazole rings is 1. The number of hydrogen-bond acceptors (Lipinski definition) is 6. The normalized spacial score (nSPS) is 16.7. The molecule has 1 aromatic carbocycles. The van der Waals surface area contributed by atoms with Crippen molar-refractivity contribution in [3.8, 4) is 12.1 Å². The van der Waals surface area contributed by atoms with Crippen molar-refractivity contribution in [2.45, 2.75) is 39.7 Å². The number of likely N-dealkylation sites (N-methyl/N-ethyl adjacent to an activating group) is 1. The standard InChI is InChI=1S/C27H31N7O/c1-3-32(4-2)25(35)18-31-12-11-20-21(16-29)26-30-23-7-5-6-8-24(23)34(26)27(22(20)17-31)33-13-9-19(15-28)10-14-33/h5-8,19H,3-4,9-14,17-18H2,1-2H3. The highest BCUT2D eigenvalue weighted by Crippen LogP contribution is 2.38. The molecule has 0 radical (unpaired) electrons. The van der Waals surface area contributed by atoms with Gasteiger partial charge in [0.1, 0.15) is 11.9 Å². The Morgan fingerprint density at radius 3 is 2.54 bits per heavy atom. The average Bonchev–Trinajstić information content (AvgIpc) is 3.27. The summed E-state index contributed by atoms with van der Waals surface area (Å²) in [6.45, 7) is 8.74. The van der Waals surface area contributed by atoms with Gasteiger partial charge in [-0.2, -0.15) is 10.5 Å². The lowest BCUT2D eigenvalue weighted by atomic mass is 9.93. The minimum Gasteiger partial charge on any atom is -0.357 e. The van der Waals surface area contributed by atoms with E-state index in [9.17, 15) is 15.3 Å². The number of aromatic nitrogens is 2. The summed E-state index contributed by atoms with van der Waals surface area (Å²) in [7, 11) is 0. The number of anilines is 1. The molecule has 0 N–H and O–H groups in total. The van der Waals surface area contributed by atoms with Crippen LogP contribution in [0.15, 0.2) is 24.3 Å². The molecule has 1 amide bonds. The summed E-state index contributed by atoms with van der Waals surface area (Å²) in [5, 5.41) is 19.6. The highest BCUT2D eigenvalue weighted by atomic mass is 16.2. The molecule has 0 spiro atoms. The molecule has 0 unspecified atom stereocenters. The Morgan fingerprint density at radius 1 is 1.11 bits per heavy atom. The maximum absolute atomic E-state index is 12.9. The summed E-state index contributed by atoms with van der Waals surface area (Å²) in [6, 6.07) is 12.9. The van der Waals surface area contributed by atoms with Crippen LogP contribution in [0, 0.1) is 28.6 Å². The molecular formula is C27H31N7O. The van der Waals surface area contributed by atoms with Gasteiger partial charge >= 0.3 is 0 Å². The van der Waals surface area contributed by atoms with Gasteiger partial charge in [-0.15, -0.1) is 0 Å². The van der Waals surface area contributed by atoms with Crippen LogP contribution in [-0.4, -0.2) is 64.4 Å². The number of amides is 1. The second-order valence-corrected chi connectivity index (χ2v) is 9.44. The van der Waals surface area contributed by atoms with Crippen molar-refractivity contribution in [1.29, 1.82) is 10.5 Å². The van der Waals surface area contributed by atoms with Crippen LogP contribution in [0.1, 0.15) is 43.4 Å². The molecule has 0 saturated carbocycles. The van der Waals surface area contributed by atoms with Crippen molar-refractivity contribution in [2.75, 3.05) is 44.2 Å². The molecule has 180 valence electrons. The van der Waals surface area contributed by atoms with Gasteiger partial charge in [0.25, 0.3) is 0 Å². The topological polar surface area (TPSA) is 91.7 Å². The average molecular weight is 470 g/mol. The summed E-state index contributed by atoms with van der Waals surface area (Å²) in [6.07, 6.45) is 2.36. The zero-order valence-corrected chi connectivity index (χ0v) is 20.5. The zero-order valence-electron chi connectivity index (χ0n) is 20.5. The molecule has 0 atom stereocenters. The van der Waals surface area contributed by atoms with Crippen LogP contribution in [0.25, 0.3) is 16.7 Å². The number of hydrogen-bond donors (Lipinski definition) is 0. The SMILES string of the molecule is CCN(CC)C(=O)CN1CCc2c(c(N3CCC(C#N)CC3)n3c(nc4ccccc43)c2C#N)C1. The van der Waals surface area contributed by atoms with Crippen molar-refractivity contribution in [2.24, 2.45) is 5.92 Å². The Hall–Kier alpha value is -3.62. The Kier molecular flexibility index (Phi) is 6.32. The first-order valence-electron chi connectivity index (χ1n) is 12.6. The van der Waals surface area contributed by atoms with Crippen molar-refractivity contribution >= 4 is 28.4 Å². The number of nitriles is 2. The number of benzene rings is 1. The molecule has 1 fully saturated rings. The Bertz CT molecular complexity index is 1350. The molecule has 2 aliphatic heterocycles. The molecule has 2 aliphatic rings. The molecule has 3 aromatic rings. The van der Waals surface area contributed by atoms with Gasteiger partial charge < -0.3 is 9.80 Å². The summed E-state index contributed by atoms with van der Waals surface area (Å²) < 4.78 is 2.15. The van der Waals surface area contributed by atoms with Gasteiger partial charge in [0.05, 0.1) is 29.2 Å². The molecule has 8 heteroatoms. The summed E-state index contributed by atoms with van der Waals surface area (Å²) in [5.41, 5.74) is 5.37. The van der Waals surface area contributed by atoms with E-state index in [4.69, 9.17) is 4.98 Å². The van der Waals surface area contributed by atoms with Gasteiger partial charge in [0, 0.05) is 50.7 Å². The van der Waals surface area contributed by atoms with Crippen LogP contribution >= 0.6 is 0 Å². The maximum Gasteiger partial charge on any atom is 0.236 e. The van der Waals surface area contributed by atoms with Gasteiger partial charge in [-0.05, 0) is 50.8 Å². The summed E-state index contributed by atoms with van der Waals surface area (Å²) in [4.78, 5) is 24.2. The number of piperidine rings is 1. The summed E-state index contributed by atoms with van der Waals surface area (Å²) in [5.74, 6) is 1.29. The zero-order chi connectivity index (χ0) is 24.5. The lowest BCUT2D eigenvalue weighted by Gasteiger charge is -2.37. The van der Waals surface area contributed by atoms with Crippen molar-refractivity contribution in [3.05, 3.63) is 41.0 Å². The lowest BCUT2D eigenvalue weighted by Crippen LogP contribution is -2.43. The molecule has 35 heavy (non-hydrogen) atoms. The number of pyridine rings is 1. The summed E-state index contributed by atoms with van der Waals surface area (Å²) >= 11 is 0. The third-order valence-corrected chi connectivity index (χ3v) is 7.56. The molecular weight excluding hydrogens is 438 g/mol. The first-order chi connectivity index (χ1) is 17.1. The third kappa shape index (κ3) is 3.98. The van der Waals surface area contributed by atoms with Crippen LogP contribution in [0.4, 0.5) is 5.82 Å². The largest absolute Gasteiger partial charge is 0.357 e. The fourth-order valence-corrected chi connectivity index (χ4v) is 5.65. The minimum atomic E-state index is 0.0821. The molecule has 8 nitrogen and oxygen atoms in total. The van der Waals surface area contributed by atoms with Gasteiger partial charge in [0.2, 0.25) is 5.91 Å². The van der Waals surface area contributed by atoms with Crippen LogP contribution in [0.5, 0.6) is 0 Å². The van der Waals surface area contributed by atoms with E-state index in [2.05, 4.69) is 32.4 Å². The number of carbonyl (C=O) groups excluding carboxylic acids is 1. The predicted molar refractivity (Wildman–Crippen MR) is 135 cm³/mol. The molecule has 0 bridgehead atoms. The second kappa shape index (κ2) is 9.56. The quantitative estimate of drug-likeness (QED) is 0.569. The molecule has 4 heterocycles. The van der Waals surface area contributed by atoms with E-state index in [-0.39, 0.29) is 11.8 Å². The van der Waals surface area contributed by atoms with Gasteiger partial charge in [0.15, 0.2) is 5.65 Å². The maximum atomic E-state index is 12.9. The third-order valence-electron chi connectivity index (χ3n) is 7.56. The van der Waals surface area contributed by atoms with Gasteiger partial charge in [-0.1, -0.05) is 12.1 Å². The fraction of sp³-hybridized carbons (Fsp3) is 0.481. The number of carbonyl (C=O) groups is 1. The Balaban J connectivity index is 1.65. The lowest BCUT2D eigenvalue weighted by molar-refractivity contribution is -0.132. The van der Waals surface area contributed by atoms with E-state index in [0.29, 0.717) is 43.8 Å². The van der Waals surface area contributed by atoms with Crippen LogP contribution in [0.3, 0.4) is 0 Å². The van der Waals surface area contributed by atoms with E-state index in [0.717, 1.165) is 60.5 Å². The second-order valence-electron chi connectivity index (χ2n) is 9.44. The van der Waals surface area contributed by atoms with E-state index in [1.54, 1.807) is 0 Å². The number of nitrogens with zero attached hydrogens (tertiary/aromatic N) is 7. The van der Waals surface area contributed by atoms with Crippen LogP contribution in [-0.2, 0) is 17.8 Å². The smallest absolute Gasteiger partial charge is 0.236 e. The molecule has 5 rings (SSSR count). The Labute approximate surface area is 206 Å². The number of fused-ring (bicyclic) bond motifs is 4. The predicted octanol–water partition coefficient (Wildman–Crippen LogP) is 3.33. The highest BCUT2D eigenvalue weighted by Gasteiger charge is 2.32. The van der Waals surface area contributed by atoms with Crippen molar-refractivity contribution in [3.63, 3.8) is 0 Å². The van der Waals surface area contributed by atoms with Crippen molar-refractivity contribution < 1.29 is 4.79 Å². The molecule has 1 saturated heterocycles. The van der Waals surface area contributed by atoms with Gasteiger partial charge in [-0.25, -0.2) is 4.98 Å². The fourth-order valence-electron chi connectivity index (χ4n) is 5.65. The monoisotopic (exact) mass is 469 g/mol. The first-order valence-corrected chi connectivity index (χ1v) is 12.6. The molecule has 2 aromatic heterocycles. The van der Waals surface area contributed by atoms with E-state index in [1.165, 1.54) is 0 Å². The highest BCUT2D eigenvalue weighted by molar-refractivity contribution is 5.86. The number of para-hydroxylation sites is 2. The first kappa shape index (κ1) is 23.1. The van der Waals surface area contributed by atoms with Crippen molar-refractivity contribution in [1.82, 2.24) is 19.2 Å². The Morgan fingerprint density at radius 2 is 1.86 bits per heavy atom. The molecule has 0 aliphatic carbocycles. The van der Waals surface area contributed by atoms with E-state index >= 15 is 0 Å².